The molecule has 0 bridgehead atoms. The van der Waals surface area contributed by atoms with Gasteiger partial charge in [-0.05, 0) is 49.4 Å². The Morgan fingerprint density at radius 1 is 1.38 bits per heavy atom. The molecule has 1 fully saturated rings. The molecule has 1 aromatic heterocycles. The second-order valence-electron chi connectivity index (χ2n) is 6.35. The summed E-state index contributed by atoms with van der Waals surface area (Å²) in [5.41, 5.74) is 2.22. The summed E-state index contributed by atoms with van der Waals surface area (Å²) in [6, 6.07) is 7.32. The highest BCUT2D eigenvalue weighted by atomic mass is 35.5. The molecule has 2 aromatic rings. The van der Waals surface area contributed by atoms with Gasteiger partial charge in [-0.15, -0.1) is 0 Å². The molecule has 2 heterocycles. The number of hydrogen-bond acceptors (Lipinski definition) is 4. The van der Waals surface area contributed by atoms with Gasteiger partial charge in [0.15, 0.2) is 0 Å². The van der Waals surface area contributed by atoms with E-state index in [4.69, 9.17) is 11.6 Å². The number of carbonyl (C=O) groups is 1. The second kappa shape index (κ2) is 7.18. The first-order valence-corrected chi connectivity index (χ1v) is 8.56. The normalized spacial score (nSPS) is 17.6. The summed E-state index contributed by atoms with van der Waals surface area (Å²) >= 11 is 6.14. The number of anilines is 2. The fourth-order valence-corrected chi connectivity index (χ4v) is 3.05. The van der Waals surface area contributed by atoms with Crippen LogP contribution in [0.25, 0.3) is 0 Å². The topological polar surface area (TPSA) is 58.1 Å². The lowest BCUT2D eigenvalue weighted by Crippen LogP contribution is -2.39. The number of nitrogens with zero attached hydrogens (tertiary/aromatic N) is 3. The lowest BCUT2D eigenvalue weighted by atomic mass is 10.00. The Balaban J connectivity index is 1.76. The molecule has 126 valence electrons. The Labute approximate surface area is 147 Å². The Hall–Kier alpha value is -2.14. The molecule has 0 spiro atoms. The van der Waals surface area contributed by atoms with Gasteiger partial charge in [0.25, 0.3) is 5.91 Å². The maximum absolute atomic E-state index is 12.6. The zero-order chi connectivity index (χ0) is 17.1. The van der Waals surface area contributed by atoms with E-state index in [0.29, 0.717) is 22.6 Å². The molecule has 1 saturated heterocycles. The van der Waals surface area contributed by atoms with E-state index >= 15 is 0 Å². The monoisotopic (exact) mass is 344 g/mol. The molecular formula is C18H21ClN4O. The maximum Gasteiger partial charge on any atom is 0.272 e. The smallest absolute Gasteiger partial charge is 0.272 e. The van der Waals surface area contributed by atoms with Crippen molar-refractivity contribution in [3.05, 3.63) is 46.7 Å². The quantitative estimate of drug-likeness (QED) is 0.912. The van der Waals surface area contributed by atoms with Crippen LogP contribution < -0.4 is 5.32 Å². The number of hydrogen-bond donors (Lipinski definition) is 1. The molecular weight excluding hydrogens is 324 g/mol. The van der Waals surface area contributed by atoms with Gasteiger partial charge in [-0.3, -0.25) is 4.79 Å². The number of carbonyl (C=O) groups excluding carboxylic acids is 1. The van der Waals surface area contributed by atoms with Crippen LogP contribution in [0.2, 0.25) is 5.02 Å². The van der Waals surface area contributed by atoms with E-state index in [0.717, 1.165) is 30.8 Å². The molecule has 5 nitrogen and oxygen atoms in total. The predicted molar refractivity (Wildman–Crippen MR) is 95.8 cm³/mol. The van der Waals surface area contributed by atoms with Gasteiger partial charge in [-0.1, -0.05) is 24.6 Å². The molecule has 6 heteroatoms. The number of rotatable bonds is 3. The highest BCUT2D eigenvalue weighted by molar-refractivity contribution is 6.31. The van der Waals surface area contributed by atoms with Crippen molar-refractivity contribution in [1.29, 1.82) is 0 Å². The number of benzene rings is 1. The summed E-state index contributed by atoms with van der Waals surface area (Å²) in [5.74, 6) is 0.900. The third-order valence-corrected chi connectivity index (χ3v) is 4.65. The second-order valence-corrected chi connectivity index (χ2v) is 6.76. The molecule has 0 saturated carbocycles. The van der Waals surface area contributed by atoms with Crippen molar-refractivity contribution in [3.63, 3.8) is 0 Å². The number of aromatic nitrogens is 2. The number of aryl methyl sites for hydroxylation is 1. The van der Waals surface area contributed by atoms with Gasteiger partial charge < -0.3 is 10.2 Å². The van der Waals surface area contributed by atoms with E-state index in [-0.39, 0.29) is 5.91 Å². The SMILES string of the molecule is Cc1ccc(Nc2nccc(C(=O)N3CCCC(C)C3)n2)cc1Cl. The van der Waals surface area contributed by atoms with Crippen molar-refractivity contribution in [2.45, 2.75) is 26.7 Å². The highest BCUT2D eigenvalue weighted by Gasteiger charge is 2.23. The molecule has 1 amide bonds. The van der Waals surface area contributed by atoms with Crippen molar-refractivity contribution in [3.8, 4) is 0 Å². The minimum absolute atomic E-state index is 0.0334. The van der Waals surface area contributed by atoms with Crippen molar-refractivity contribution < 1.29 is 4.79 Å². The number of likely N-dealkylation sites (tertiary alicyclic amines) is 1. The lowest BCUT2D eigenvalue weighted by Gasteiger charge is -2.30. The molecule has 0 aliphatic carbocycles. The van der Waals surface area contributed by atoms with E-state index in [2.05, 4.69) is 22.2 Å². The van der Waals surface area contributed by atoms with E-state index in [1.807, 2.05) is 30.0 Å². The fourth-order valence-electron chi connectivity index (χ4n) is 2.87. The summed E-state index contributed by atoms with van der Waals surface area (Å²) < 4.78 is 0. The summed E-state index contributed by atoms with van der Waals surface area (Å²) in [7, 11) is 0. The maximum atomic E-state index is 12.6. The summed E-state index contributed by atoms with van der Waals surface area (Å²) in [4.78, 5) is 23.1. The van der Waals surface area contributed by atoms with Crippen LogP contribution >= 0.6 is 11.6 Å². The van der Waals surface area contributed by atoms with E-state index < -0.39 is 0 Å². The molecule has 1 aliphatic rings. The molecule has 1 atom stereocenters. The van der Waals surface area contributed by atoms with E-state index in [1.165, 1.54) is 6.42 Å². The van der Waals surface area contributed by atoms with Gasteiger partial charge >= 0.3 is 0 Å². The molecule has 3 rings (SSSR count). The predicted octanol–water partition coefficient (Wildman–Crippen LogP) is 4.05. The van der Waals surface area contributed by atoms with Crippen LogP contribution in [0.3, 0.4) is 0 Å². The van der Waals surface area contributed by atoms with Crippen molar-refractivity contribution in [2.24, 2.45) is 5.92 Å². The first-order chi connectivity index (χ1) is 11.5. The number of nitrogens with one attached hydrogen (secondary N) is 1. The minimum Gasteiger partial charge on any atom is -0.337 e. The fraction of sp³-hybridized carbons (Fsp3) is 0.389. The molecule has 1 aliphatic heterocycles. The first kappa shape index (κ1) is 16.7. The Kier molecular flexibility index (Phi) is 5.00. The van der Waals surface area contributed by atoms with Crippen LogP contribution in [-0.4, -0.2) is 33.9 Å². The van der Waals surface area contributed by atoms with Gasteiger partial charge in [0.2, 0.25) is 5.95 Å². The Morgan fingerprint density at radius 3 is 2.96 bits per heavy atom. The summed E-state index contributed by atoms with van der Waals surface area (Å²) in [5, 5.41) is 3.78. The zero-order valence-electron chi connectivity index (χ0n) is 13.9. The van der Waals surface area contributed by atoms with Crippen molar-refractivity contribution in [2.75, 3.05) is 18.4 Å². The highest BCUT2D eigenvalue weighted by Crippen LogP contribution is 2.22. The van der Waals surface area contributed by atoms with E-state index in [1.54, 1.807) is 12.3 Å². The molecule has 1 aromatic carbocycles. The zero-order valence-corrected chi connectivity index (χ0v) is 14.7. The average Bonchev–Trinajstić information content (AvgIpc) is 2.58. The average molecular weight is 345 g/mol. The van der Waals surface area contributed by atoms with Crippen LogP contribution in [0.5, 0.6) is 0 Å². The lowest BCUT2D eigenvalue weighted by molar-refractivity contribution is 0.0677. The summed E-state index contributed by atoms with van der Waals surface area (Å²) in [6.45, 7) is 5.71. The van der Waals surface area contributed by atoms with Crippen LogP contribution in [0.1, 0.15) is 35.8 Å². The molecule has 1 unspecified atom stereocenters. The van der Waals surface area contributed by atoms with Gasteiger partial charge in [-0.2, -0.15) is 0 Å². The molecule has 0 radical (unpaired) electrons. The molecule has 1 N–H and O–H groups in total. The van der Waals surface area contributed by atoms with Gasteiger partial charge in [0.05, 0.1) is 0 Å². The number of amides is 1. The van der Waals surface area contributed by atoms with Gasteiger partial charge in [-0.25, -0.2) is 9.97 Å². The van der Waals surface area contributed by atoms with Gasteiger partial charge in [0.1, 0.15) is 5.69 Å². The Morgan fingerprint density at radius 2 is 2.21 bits per heavy atom. The molecule has 24 heavy (non-hydrogen) atoms. The minimum atomic E-state index is -0.0334. The van der Waals surface area contributed by atoms with Crippen LogP contribution in [0.15, 0.2) is 30.5 Å². The third-order valence-electron chi connectivity index (χ3n) is 4.25. The third kappa shape index (κ3) is 3.85. The van der Waals surface area contributed by atoms with Crippen LogP contribution in [-0.2, 0) is 0 Å². The van der Waals surface area contributed by atoms with Crippen molar-refractivity contribution >= 4 is 29.1 Å². The van der Waals surface area contributed by atoms with E-state index in [9.17, 15) is 4.79 Å². The largest absolute Gasteiger partial charge is 0.337 e. The first-order valence-electron chi connectivity index (χ1n) is 8.18. The van der Waals surface area contributed by atoms with Gasteiger partial charge in [0, 0.05) is 30.0 Å². The Bertz CT molecular complexity index is 750. The number of piperidine rings is 1. The standard InChI is InChI=1S/C18H21ClN4O/c1-12-4-3-9-23(11-12)17(24)16-7-8-20-18(22-16)21-14-6-5-13(2)15(19)10-14/h5-8,10,12H,3-4,9,11H2,1-2H3,(H,20,21,22). The summed E-state index contributed by atoms with van der Waals surface area (Å²) in [6.07, 6.45) is 3.82. The van der Waals surface area contributed by atoms with Crippen molar-refractivity contribution in [1.82, 2.24) is 14.9 Å². The van der Waals surface area contributed by atoms with Crippen LogP contribution in [0, 0.1) is 12.8 Å². The van der Waals surface area contributed by atoms with Crippen LogP contribution in [0.4, 0.5) is 11.6 Å². The number of halogens is 1.